The summed E-state index contributed by atoms with van der Waals surface area (Å²) in [5.74, 6) is 1.92. The van der Waals surface area contributed by atoms with Crippen molar-refractivity contribution in [2.24, 2.45) is 4.99 Å². The van der Waals surface area contributed by atoms with E-state index < -0.39 is 10.0 Å². The van der Waals surface area contributed by atoms with Crippen molar-refractivity contribution in [1.29, 1.82) is 0 Å². The molecule has 3 N–H and O–H groups in total. The standard InChI is InChI=1S/C16H28N4O2S2.HI/c1-17-16(19-9-4-5-10-23-3)20-12-14-7-6-8-15(11-14)13-24(21,22)18-2;/h6-8,11,18H,4-5,9-10,12-13H2,1-3H3,(H2,17,19,20);1H. The molecule has 0 radical (unpaired) electrons. The molecule has 0 heterocycles. The van der Waals surface area contributed by atoms with Crippen LogP contribution in [0.4, 0.5) is 0 Å². The van der Waals surface area contributed by atoms with Crippen molar-refractivity contribution in [3.63, 3.8) is 0 Å². The number of rotatable bonds is 10. The molecule has 0 unspecified atom stereocenters. The molecule has 0 amide bonds. The zero-order valence-electron chi connectivity index (χ0n) is 15.0. The van der Waals surface area contributed by atoms with E-state index >= 15 is 0 Å². The maximum atomic E-state index is 11.6. The van der Waals surface area contributed by atoms with Gasteiger partial charge in [0.25, 0.3) is 0 Å². The number of nitrogens with one attached hydrogen (secondary N) is 3. The molecule has 0 saturated heterocycles. The second-order valence-electron chi connectivity index (χ2n) is 5.34. The lowest BCUT2D eigenvalue weighted by molar-refractivity contribution is 0.587. The van der Waals surface area contributed by atoms with E-state index in [0.29, 0.717) is 6.54 Å². The Hall–Kier alpha value is -0.520. The average molecular weight is 500 g/mol. The van der Waals surface area contributed by atoms with Crippen LogP contribution in [-0.4, -0.2) is 47.0 Å². The molecule has 0 fully saturated rings. The van der Waals surface area contributed by atoms with E-state index in [0.717, 1.165) is 30.1 Å². The molecular formula is C16H29IN4O2S2. The molecule has 9 heteroatoms. The van der Waals surface area contributed by atoms with Gasteiger partial charge in [0.2, 0.25) is 10.0 Å². The Morgan fingerprint density at radius 2 is 1.92 bits per heavy atom. The Bertz CT molecular complexity index is 624. The molecule has 1 rings (SSSR count). The molecule has 0 spiro atoms. The summed E-state index contributed by atoms with van der Waals surface area (Å²) in [6, 6.07) is 7.55. The molecule has 25 heavy (non-hydrogen) atoms. The minimum Gasteiger partial charge on any atom is -0.356 e. The van der Waals surface area contributed by atoms with Crippen molar-refractivity contribution in [3.8, 4) is 0 Å². The van der Waals surface area contributed by atoms with E-state index in [-0.39, 0.29) is 29.7 Å². The number of unbranched alkanes of at least 4 members (excludes halogenated alkanes) is 1. The molecule has 0 aliphatic carbocycles. The summed E-state index contributed by atoms with van der Waals surface area (Å²) in [6.07, 6.45) is 4.41. The molecule has 0 aromatic heterocycles. The average Bonchev–Trinajstić information content (AvgIpc) is 2.57. The van der Waals surface area contributed by atoms with Gasteiger partial charge in [0.05, 0.1) is 5.75 Å². The van der Waals surface area contributed by atoms with Crippen LogP contribution in [-0.2, 0) is 22.3 Å². The quantitative estimate of drug-likeness (QED) is 0.199. The van der Waals surface area contributed by atoms with Crippen LogP contribution in [0.2, 0.25) is 0 Å². The predicted molar refractivity (Wildman–Crippen MR) is 119 cm³/mol. The van der Waals surface area contributed by atoms with Crippen LogP contribution in [0.3, 0.4) is 0 Å². The highest BCUT2D eigenvalue weighted by molar-refractivity contribution is 14.0. The fourth-order valence-corrected chi connectivity index (χ4v) is 3.36. The molecular weight excluding hydrogens is 471 g/mol. The number of sulfonamides is 1. The summed E-state index contributed by atoms with van der Waals surface area (Å²) >= 11 is 1.86. The highest BCUT2D eigenvalue weighted by atomic mass is 127. The van der Waals surface area contributed by atoms with Crippen LogP contribution < -0.4 is 15.4 Å². The van der Waals surface area contributed by atoms with E-state index in [4.69, 9.17) is 0 Å². The van der Waals surface area contributed by atoms with Crippen molar-refractivity contribution in [1.82, 2.24) is 15.4 Å². The van der Waals surface area contributed by atoms with Crippen LogP contribution in [0.1, 0.15) is 24.0 Å². The Labute approximate surface area is 173 Å². The van der Waals surface area contributed by atoms with Gasteiger partial charge in [0.1, 0.15) is 0 Å². The molecule has 0 aliphatic heterocycles. The summed E-state index contributed by atoms with van der Waals surface area (Å²) in [5.41, 5.74) is 1.78. The molecule has 0 atom stereocenters. The van der Waals surface area contributed by atoms with Gasteiger partial charge in [0.15, 0.2) is 5.96 Å². The van der Waals surface area contributed by atoms with Gasteiger partial charge < -0.3 is 10.6 Å². The van der Waals surface area contributed by atoms with Crippen LogP contribution in [0.25, 0.3) is 0 Å². The van der Waals surface area contributed by atoms with Crippen LogP contribution in [0.5, 0.6) is 0 Å². The third-order valence-corrected chi connectivity index (χ3v) is 5.44. The van der Waals surface area contributed by atoms with E-state index in [1.54, 1.807) is 7.05 Å². The van der Waals surface area contributed by atoms with Gasteiger partial charge in [-0.15, -0.1) is 24.0 Å². The fraction of sp³-hybridized carbons (Fsp3) is 0.562. The number of halogens is 1. The lowest BCUT2D eigenvalue weighted by Crippen LogP contribution is -2.37. The number of hydrogen-bond donors (Lipinski definition) is 3. The van der Waals surface area contributed by atoms with E-state index in [9.17, 15) is 8.42 Å². The maximum absolute atomic E-state index is 11.6. The van der Waals surface area contributed by atoms with Gasteiger partial charge in [-0.1, -0.05) is 24.3 Å². The molecule has 6 nitrogen and oxygen atoms in total. The van der Waals surface area contributed by atoms with Crippen molar-refractivity contribution in [2.75, 3.05) is 32.6 Å². The van der Waals surface area contributed by atoms with Gasteiger partial charge >= 0.3 is 0 Å². The fourth-order valence-electron chi connectivity index (χ4n) is 2.11. The molecule has 0 saturated carbocycles. The summed E-state index contributed by atoms with van der Waals surface area (Å²) in [4.78, 5) is 4.20. The number of hydrogen-bond acceptors (Lipinski definition) is 4. The summed E-state index contributed by atoms with van der Waals surface area (Å²) in [7, 11) is -0.0838. The Morgan fingerprint density at radius 1 is 1.20 bits per heavy atom. The zero-order valence-corrected chi connectivity index (χ0v) is 19.0. The highest BCUT2D eigenvalue weighted by Crippen LogP contribution is 2.08. The minimum absolute atomic E-state index is 0. The van der Waals surface area contributed by atoms with Crippen molar-refractivity contribution in [3.05, 3.63) is 35.4 Å². The number of benzene rings is 1. The molecule has 144 valence electrons. The van der Waals surface area contributed by atoms with Crippen LogP contribution in [0, 0.1) is 0 Å². The van der Waals surface area contributed by atoms with Gasteiger partial charge in [0, 0.05) is 20.1 Å². The molecule has 1 aromatic carbocycles. The SMILES string of the molecule is CN=C(NCCCCSC)NCc1cccc(CS(=O)(=O)NC)c1.I. The lowest BCUT2D eigenvalue weighted by atomic mass is 10.1. The van der Waals surface area contributed by atoms with E-state index in [1.807, 2.05) is 36.0 Å². The second kappa shape index (κ2) is 13.7. The first-order valence-electron chi connectivity index (χ1n) is 7.93. The number of guanidine groups is 1. The number of nitrogens with zero attached hydrogens (tertiary/aromatic N) is 1. The third kappa shape index (κ3) is 10.9. The van der Waals surface area contributed by atoms with E-state index in [2.05, 4.69) is 26.6 Å². The summed E-state index contributed by atoms with van der Waals surface area (Å²) < 4.78 is 25.6. The normalized spacial score (nSPS) is 11.7. The Morgan fingerprint density at radius 3 is 2.56 bits per heavy atom. The topological polar surface area (TPSA) is 82.6 Å². The largest absolute Gasteiger partial charge is 0.356 e. The summed E-state index contributed by atoms with van der Waals surface area (Å²) in [6.45, 7) is 1.48. The molecule has 1 aromatic rings. The first-order valence-corrected chi connectivity index (χ1v) is 11.0. The maximum Gasteiger partial charge on any atom is 0.215 e. The molecule has 0 bridgehead atoms. The van der Waals surface area contributed by atoms with Crippen molar-refractivity contribution in [2.45, 2.75) is 25.1 Å². The Balaban J connectivity index is 0.00000576. The van der Waals surface area contributed by atoms with Gasteiger partial charge in [-0.05, 0) is 43.0 Å². The lowest BCUT2D eigenvalue weighted by Gasteiger charge is -2.12. The number of aliphatic imine (C=N–C) groups is 1. The van der Waals surface area contributed by atoms with Gasteiger partial charge in [-0.2, -0.15) is 11.8 Å². The van der Waals surface area contributed by atoms with Crippen LogP contribution >= 0.6 is 35.7 Å². The smallest absolute Gasteiger partial charge is 0.215 e. The van der Waals surface area contributed by atoms with Crippen molar-refractivity contribution < 1.29 is 8.42 Å². The van der Waals surface area contributed by atoms with Gasteiger partial charge in [-0.3, -0.25) is 4.99 Å². The first kappa shape index (κ1) is 24.5. The monoisotopic (exact) mass is 500 g/mol. The summed E-state index contributed by atoms with van der Waals surface area (Å²) in [5, 5.41) is 6.53. The van der Waals surface area contributed by atoms with Crippen molar-refractivity contribution >= 4 is 51.7 Å². The Kier molecular flexibility index (Phi) is 13.4. The second-order valence-corrected chi connectivity index (χ2v) is 8.25. The third-order valence-electron chi connectivity index (χ3n) is 3.41. The van der Waals surface area contributed by atoms with Gasteiger partial charge in [-0.25, -0.2) is 13.1 Å². The minimum atomic E-state index is -3.25. The zero-order chi connectivity index (χ0) is 17.8. The highest BCUT2D eigenvalue weighted by Gasteiger charge is 2.08. The van der Waals surface area contributed by atoms with Crippen LogP contribution in [0.15, 0.2) is 29.3 Å². The van der Waals surface area contributed by atoms with E-state index in [1.165, 1.54) is 19.2 Å². The molecule has 0 aliphatic rings. The number of thioether (sulfide) groups is 1. The predicted octanol–water partition coefficient (Wildman–Crippen LogP) is 2.16. The first-order chi connectivity index (χ1) is 11.5.